The zero-order valence-electron chi connectivity index (χ0n) is 20.9. The minimum absolute atomic E-state index is 0.880. The van der Waals surface area contributed by atoms with Crippen LogP contribution in [-0.2, 0) is 0 Å². The summed E-state index contributed by atoms with van der Waals surface area (Å²) in [5.74, 6) is 0. The highest BCUT2D eigenvalue weighted by atomic mass is 14.9. The quantitative estimate of drug-likeness (QED) is 0.263. The Hall–Kier alpha value is -4.89. The molecule has 1 aliphatic rings. The minimum atomic E-state index is 0.880. The van der Waals surface area contributed by atoms with Gasteiger partial charge in [-0.05, 0) is 63.7 Å². The van der Waals surface area contributed by atoms with Gasteiger partial charge in [0.25, 0.3) is 0 Å². The lowest BCUT2D eigenvalue weighted by molar-refractivity contribution is 1.33. The van der Waals surface area contributed by atoms with Crippen molar-refractivity contribution in [3.05, 3.63) is 140 Å². The van der Waals surface area contributed by atoms with Gasteiger partial charge in [-0.1, -0.05) is 108 Å². The van der Waals surface area contributed by atoms with Crippen LogP contribution in [0.1, 0.15) is 0 Å². The first kappa shape index (κ1) is 22.3. The lowest BCUT2D eigenvalue weighted by Gasteiger charge is -2.22. The molecule has 1 aromatic heterocycles. The highest BCUT2D eigenvalue weighted by molar-refractivity contribution is 6.70. The van der Waals surface area contributed by atoms with Crippen molar-refractivity contribution >= 4 is 29.6 Å². The van der Waals surface area contributed by atoms with Crippen molar-refractivity contribution in [2.75, 3.05) is 5.32 Å². The Balaban J connectivity index is 1.38. The van der Waals surface area contributed by atoms with Crippen molar-refractivity contribution in [3.8, 4) is 44.5 Å². The number of rotatable bonds is 2. The maximum Gasteiger partial charge on any atom is 0.193 e. The summed E-state index contributed by atoms with van der Waals surface area (Å²) >= 11 is 0. The van der Waals surface area contributed by atoms with Gasteiger partial charge in [-0.15, -0.1) is 0 Å². The highest BCUT2D eigenvalue weighted by Gasteiger charge is 2.18. The van der Waals surface area contributed by atoms with Crippen LogP contribution >= 0.6 is 0 Å². The fourth-order valence-corrected chi connectivity index (χ4v) is 5.51. The predicted molar refractivity (Wildman–Crippen MR) is 162 cm³/mol. The average molecular weight is 484 g/mol. The van der Waals surface area contributed by atoms with Crippen molar-refractivity contribution in [2.45, 2.75) is 0 Å². The molecule has 0 radical (unpaired) electrons. The van der Waals surface area contributed by atoms with Gasteiger partial charge in [-0.2, -0.15) is 0 Å². The van der Waals surface area contributed by atoms with Crippen LogP contribution in [0.25, 0.3) is 44.5 Å². The van der Waals surface area contributed by atoms with Crippen LogP contribution in [0.5, 0.6) is 0 Å². The zero-order valence-corrected chi connectivity index (χ0v) is 20.9. The fourth-order valence-electron chi connectivity index (χ4n) is 5.51. The molecular formula is C35H25BN2. The fraction of sp³-hybridized carbons (Fsp3) is 0. The van der Waals surface area contributed by atoms with Crippen LogP contribution in [0.3, 0.4) is 0 Å². The van der Waals surface area contributed by atoms with Gasteiger partial charge in [0, 0.05) is 34.9 Å². The van der Waals surface area contributed by atoms with Crippen LogP contribution in [-0.4, -0.2) is 12.3 Å². The number of hydrogen-bond donors (Lipinski definition) is 1. The Bertz CT molecular complexity index is 1760. The Labute approximate surface area is 223 Å². The molecule has 6 aromatic rings. The second kappa shape index (κ2) is 9.53. The zero-order chi connectivity index (χ0) is 25.3. The predicted octanol–water partition coefficient (Wildman–Crippen LogP) is 7.19. The van der Waals surface area contributed by atoms with Crippen LogP contribution in [0.4, 0.5) is 11.4 Å². The summed E-state index contributed by atoms with van der Waals surface area (Å²) < 4.78 is 0. The molecule has 0 saturated heterocycles. The summed E-state index contributed by atoms with van der Waals surface area (Å²) in [4.78, 5) is 4.14. The smallest absolute Gasteiger partial charge is 0.193 e. The first-order chi connectivity index (χ1) is 18.8. The second-order valence-corrected chi connectivity index (χ2v) is 9.74. The second-order valence-electron chi connectivity index (χ2n) is 9.74. The van der Waals surface area contributed by atoms with E-state index in [9.17, 15) is 0 Å². The highest BCUT2D eigenvalue weighted by Crippen LogP contribution is 2.37. The standard InChI is InChI=1S/C35H25BN2/c1-4-10-32-28(7-1)30-9-3-6-12-34(30)38-35-18-17-27(23-31(35)29-8-2-5-11-33(29)36-32)25-15-13-24(14-16-25)26-19-21-37-22-20-26/h1-23,36,38H. The van der Waals surface area contributed by atoms with E-state index >= 15 is 0 Å². The Morgan fingerprint density at radius 2 is 0.921 bits per heavy atom. The molecule has 0 fully saturated rings. The molecule has 0 bridgehead atoms. The molecule has 2 nitrogen and oxygen atoms in total. The molecule has 0 amide bonds. The minimum Gasteiger partial charge on any atom is -0.355 e. The lowest BCUT2D eigenvalue weighted by Crippen LogP contribution is -2.30. The van der Waals surface area contributed by atoms with Gasteiger partial charge in [0.05, 0.1) is 0 Å². The van der Waals surface area contributed by atoms with E-state index in [1.165, 1.54) is 55.4 Å². The van der Waals surface area contributed by atoms with E-state index in [4.69, 9.17) is 0 Å². The van der Waals surface area contributed by atoms with E-state index in [-0.39, 0.29) is 0 Å². The largest absolute Gasteiger partial charge is 0.355 e. The van der Waals surface area contributed by atoms with Crippen molar-refractivity contribution < 1.29 is 0 Å². The van der Waals surface area contributed by atoms with Crippen molar-refractivity contribution in [1.82, 2.24) is 4.98 Å². The number of benzene rings is 5. The number of aromatic nitrogens is 1. The average Bonchev–Trinajstić information content (AvgIpc) is 2.99. The van der Waals surface area contributed by atoms with E-state index in [1.807, 2.05) is 24.5 Å². The summed E-state index contributed by atoms with van der Waals surface area (Å²) in [5.41, 5.74) is 14.6. The molecule has 5 aromatic carbocycles. The molecule has 0 saturated carbocycles. The Morgan fingerprint density at radius 1 is 0.421 bits per heavy atom. The van der Waals surface area contributed by atoms with E-state index in [1.54, 1.807) is 0 Å². The van der Waals surface area contributed by atoms with Crippen LogP contribution < -0.4 is 16.2 Å². The molecule has 1 aliphatic heterocycles. The summed E-state index contributed by atoms with van der Waals surface area (Å²) in [7, 11) is 0.880. The number of para-hydroxylation sites is 1. The number of nitrogens with one attached hydrogen (secondary N) is 1. The number of anilines is 2. The molecule has 0 unspecified atom stereocenters. The van der Waals surface area contributed by atoms with Gasteiger partial charge in [0.2, 0.25) is 0 Å². The Kier molecular flexibility index (Phi) is 5.60. The molecular weight excluding hydrogens is 459 g/mol. The number of nitrogens with zero attached hydrogens (tertiary/aromatic N) is 1. The van der Waals surface area contributed by atoms with E-state index in [0.29, 0.717) is 0 Å². The topological polar surface area (TPSA) is 24.9 Å². The first-order valence-electron chi connectivity index (χ1n) is 13.0. The van der Waals surface area contributed by atoms with Crippen LogP contribution in [0.2, 0.25) is 0 Å². The molecule has 38 heavy (non-hydrogen) atoms. The van der Waals surface area contributed by atoms with Crippen LogP contribution in [0, 0.1) is 0 Å². The molecule has 0 spiro atoms. The van der Waals surface area contributed by atoms with Crippen molar-refractivity contribution in [1.29, 1.82) is 0 Å². The maximum absolute atomic E-state index is 4.14. The molecule has 178 valence electrons. The molecule has 3 heteroatoms. The molecule has 0 atom stereocenters. The normalized spacial score (nSPS) is 11.6. The molecule has 7 rings (SSSR count). The number of hydrogen-bond acceptors (Lipinski definition) is 2. The first-order valence-corrected chi connectivity index (χ1v) is 13.0. The summed E-state index contributed by atoms with van der Waals surface area (Å²) in [6.45, 7) is 0. The van der Waals surface area contributed by atoms with Crippen molar-refractivity contribution in [3.63, 3.8) is 0 Å². The third-order valence-corrected chi connectivity index (χ3v) is 7.44. The van der Waals surface area contributed by atoms with Gasteiger partial charge in [-0.3, -0.25) is 4.98 Å². The van der Waals surface area contributed by atoms with Gasteiger partial charge >= 0.3 is 0 Å². The third-order valence-electron chi connectivity index (χ3n) is 7.44. The van der Waals surface area contributed by atoms with Crippen LogP contribution in [0.15, 0.2) is 140 Å². The lowest BCUT2D eigenvalue weighted by atomic mass is 9.59. The Morgan fingerprint density at radius 3 is 1.63 bits per heavy atom. The molecule has 0 aliphatic carbocycles. The summed E-state index contributed by atoms with van der Waals surface area (Å²) in [6, 6.07) is 45.9. The number of fused-ring (bicyclic) bond motifs is 6. The van der Waals surface area contributed by atoms with E-state index in [0.717, 1.165) is 18.7 Å². The van der Waals surface area contributed by atoms with Gasteiger partial charge in [0.1, 0.15) is 0 Å². The summed E-state index contributed by atoms with van der Waals surface area (Å²) in [5, 5.41) is 3.80. The van der Waals surface area contributed by atoms with Gasteiger partial charge in [-0.25, -0.2) is 0 Å². The van der Waals surface area contributed by atoms with Gasteiger partial charge < -0.3 is 5.32 Å². The third kappa shape index (κ3) is 4.08. The van der Waals surface area contributed by atoms with E-state index in [2.05, 4.69) is 126 Å². The van der Waals surface area contributed by atoms with E-state index < -0.39 is 0 Å². The monoisotopic (exact) mass is 484 g/mol. The molecule has 1 N–H and O–H groups in total. The number of pyridine rings is 1. The molecule has 2 heterocycles. The summed E-state index contributed by atoms with van der Waals surface area (Å²) in [6.07, 6.45) is 3.67. The maximum atomic E-state index is 4.14. The van der Waals surface area contributed by atoms with Gasteiger partial charge in [0.15, 0.2) is 7.28 Å². The SMILES string of the molecule is B1c2ccccc2-c2ccccc2Nc2ccc(-c3ccc(-c4ccncc4)cc3)cc2-c2ccccc21. The van der Waals surface area contributed by atoms with Crippen molar-refractivity contribution in [2.24, 2.45) is 0 Å².